The van der Waals surface area contributed by atoms with E-state index in [-0.39, 0.29) is 34.5 Å². The van der Waals surface area contributed by atoms with Crippen LogP contribution >= 0.6 is 0 Å². The normalized spacial score (nSPS) is 13.3. The molecule has 0 bridgehead atoms. The molecule has 0 unspecified atom stereocenters. The van der Waals surface area contributed by atoms with Crippen molar-refractivity contribution in [3.63, 3.8) is 0 Å². The lowest BCUT2D eigenvalue weighted by Crippen LogP contribution is -2.47. The molecule has 8 heteroatoms. The lowest BCUT2D eigenvalue weighted by atomic mass is 10.2. The summed E-state index contributed by atoms with van der Waals surface area (Å²) in [6.07, 6.45) is -0.976. The van der Waals surface area contributed by atoms with Crippen molar-refractivity contribution in [1.29, 1.82) is 0 Å². The first-order chi connectivity index (χ1) is 12.8. The van der Waals surface area contributed by atoms with Gasteiger partial charge in [-0.25, -0.2) is 13.2 Å². The molecule has 1 atom stereocenters. The fourth-order valence-electron chi connectivity index (χ4n) is 2.82. The third kappa shape index (κ3) is 5.54. The first-order valence-electron chi connectivity index (χ1n) is 9.42. The van der Waals surface area contributed by atoms with Crippen molar-refractivity contribution in [2.24, 2.45) is 0 Å². The molecule has 0 fully saturated rings. The maximum absolute atomic E-state index is 12.6. The van der Waals surface area contributed by atoms with Crippen molar-refractivity contribution >= 4 is 21.9 Å². The number of nitrogens with zero attached hydrogens (tertiary/aromatic N) is 2. The monoisotopic (exact) mass is 412 g/mol. The van der Waals surface area contributed by atoms with Gasteiger partial charge in [0.1, 0.15) is 0 Å². The fourth-order valence-corrected chi connectivity index (χ4v) is 4.24. The molecular formula is C20H32N2O5S. The second kappa shape index (κ2) is 9.52. The minimum Gasteiger partial charge on any atom is -0.449 e. The van der Waals surface area contributed by atoms with E-state index in [1.807, 2.05) is 27.7 Å². The zero-order chi connectivity index (χ0) is 21.8. The van der Waals surface area contributed by atoms with Gasteiger partial charge >= 0.3 is 5.97 Å². The highest BCUT2D eigenvalue weighted by atomic mass is 32.2. The average molecular weight is 413 g/mol. The van der Waals surface area contributed by atoms with E-state index < -0.39 is 22.1 Å². The van der Waals surface area contributed by atoms with Gasteiger partial charge in [0.15, 0.2) is 6.10 Å². The molecule has 7 nitrogen and oxygen atoms in total. The summed E-state index contributed by atoms with van der Waals surface area (Å²) >= 11 is 0. The number of amides is 1. The second-order valence-electron chi connectivity index (χ2n) is 7.62. The van der Waals surface area contributed by atoms with E-state index in [2.05, 4.69) is 0 Å². The number of ether oxygens (including phenoxy) is 1. The Kier molecular flexibility index (Phi) is 8.19. The van der Waals surface area contributed by atoms with Gasteiger partial charge in [0.05, 0.1) is 10.5 Å². The van der Waals surface area contributed by atoms with Crippen molar-refractivity contribution < 1.29 is 22.7 Å². The highest BCUT2D eigenvalue weighted by molar-refractivity contribution is 7.89. The van der Waals surface area contributed by atoms with Gasteiger partial charge in [0.2, 0.25) is 10.0 Å². The number of sulfonamides is 1. The van der Waals surface area contributed by atoms with Crippen molar-refractivity contribution in [1.82, 2.24) is 9.21 Å². The van der Waals surface area contributed by atoms with Crippen molar-refractivity contribution in [2.75, 3.05) is 7.05 Å². The highest BCUT2D eigenvalue weighted by Crippen LogP contribution is 2.19. The highest BCUT2D eigenvalue weighted by Gasteiger charge is 2.29. The van der Waals surface area contributed by atoms with Crippen molar-refractivity contribution in [3.8, 4) is 0 Å². The van der Waals surface area contributed by atoms with Gasteiger partial charge in [-0.3, -0.25) is 4.79 Å². The summed E-state index contributed by atoms with van der Waals surface area (Å²) in [5, 5.41) is 0. The van der Waals surface area contributed by atoms with Gasteiger partial charge < -0.3 is 9.64 Å². The maximum atomic E-state index is 12.6. The Morgan fingerprint density at radius 1 is 0.929 bits per heavy atom. The summed E-state index contributed by atoms with van der Waals surface area (Å²) in [7, 11) is -2.24. The van der Waals surface area contributed by atoms with Crippen LogP contribution in [0.15, 0.2) is 29.2 Å². The number of carbonyl (C=O) groups excluding carboxylic acids is 2. The molecule has 1 rings (SSSR count). The number of carbonyl (C=O) groups is 2. The van der Waals surface area contributed by atoms with Gasteiger partial charge in [-0.05, 0) is 66.7 Å². The molecule has 0 aliphatic heterocycles. The fraction of sp³-hybridized carbons (Fsp3) is 0.600. The quantitative estimate of drug-likeness (QED) is 0.613. The molecule has 0 aliphatic rings. The molecule has 0 N–H and O–H groups in total. The lowest BCUT2D eigenvalue weighted by Gasteiger charge is -2.32. The van der Waals surface area contributed by atoms with E-state index in [1.165, 1.54) is 42.5 Å². The molecule has 1 aromatic rings. The predicted molar refractivity (Wildman–Crippen MR) is 109 cm³/mol. The summed E-state index contributed by atoms with van der Waals surface area (Å²) < 4.78 is 31.8. The molecule has 28 heavy (non-hydrogen) atoms. The van der Waals surface area contributed by atoms with E-state index in [0.717, 1.165) is 0 Å². The molecule has 1 amide bonds. The Balaban J connectivity index is 3.04. The molecule has 0 heterocycles. The molecule has 0 radical (unpaired) electrons. The topological polar surface area (TPSA) is 84.0 Å². The van der Waals surface area contributed by atoms with E-state index >= 15 is 0 Å². The molecule has 0 aromatic heterocycles. The van der Waals surface area contributed by atoms with Crippen LogP contribution in [0.25, 0.3) is 0 Å². The summed E-state index contributed by atoms with van der Waals surface area (Å²) in [4.78, 5) is 26.8. The average Bonchev–Trinajstić information content (AvgIpc) is 2.60. The number of benzene rings is 1. The van der Waals surface area contributed by atoms with Gasteiger partial charge in [0.25, 0.3) is 5.91 Å². The standard InChI is InChI=1S/C20H32N2O5S/c1-13(2)21(8)28(25,26)18-11-9-10-17(12-18)20(24)27-16(7)19(23)22(14(3)4)15(5)6/h9-16H,1-8H3/t16-/m0/s1. The number of esters is 1. The second-order valence-corrected chi connectivity index (χ2v) is 9.62. The number of hydrogen-bond acceptors (Lipinski definition) is 5. The molecule has 0 spiro atoms. The van der Waals surface area contributed by atoms with Crippen molar-refractivity contribution in [3.05, 3.63) is 29.8 Å². The Bertz CT molecular complexity index is 795. The van der Waals surface area contributed by atoms with E-state index in [9.17, 15) is 18.0 Å². The van der Waals surface area contributed by atoms with Crippen LogP contribution in [0, 0.1) is 0 Å². The van der Waals surface area contributed by atoms with E-state index in [0.29, 0.717) is 0 Å². The van der Waals surface area contributed by atoms with Gasteiger partial charge in [0, 0.05) is 25.2 Å². The number of hydrogen-bond donors (Lipinski definition) is 0. The maximum Gasteiger partial charge on any atom is 0.338 e. The zero-order valence-corrected chi connectivity index (χ0v) is 18.8. The third-order valence-corrected chi connectivity index (χ3v) is 6.50. The predicted octanol–water partition coefficient (Wildman–Crippen LogP) is 2.91. The van der Waals surface area contributed by atoms with Crippen LogP contribution in [0.1, 0.15) is 58.8 Å². The Morgan fingerprint density at radius 2 is 1.46 bits per heavy atom. The van der Waals surface area contributed by atoms with Gasteiger partial charge in [-0.1, -0.05) is 6.07 Å². The van der Waals surface area contributed by atoms with E-state index in [1.54, 1.807) is 18.7 Å². The lowest BCUT2D eigenvalue weighted by molar-refractivity contribution is -0.143. The van der Waals surface area contributed by atoms with Crippen molar-refractivity contribution in [2.45, 2.75) is 77.6 Å². The largest absolute Gasteiger partial charge is 0.449 e. The minimum absolute atomic E-state index is 0.00289. The first kappa shape index (κ1) is 24.1. The summed E-state index contributed by atoms with van der Waals surface area (Å²) in [6.45, 7) is 12.6. The van der Waals surface area contributed by atoms with Crippen LogP contribution in [0.3, 0.4) is 0 Å². The van der Waals surface area contributed by atoms with Crippen LogP contribution in [0.4, 0.5) is 0 Å². The van der Waals surface area contributed by atoms with Gasteiger partial charge in [-0.15, -0.1) is 0 Å². The minimum atomic E-state index is -3.72. The summed E-state index contributed by atoms with van der Waals surface area (Å²) in [6, 6.07) is 5.36. The SMILES string of the molecule is CC(C)N(C(=O)[C@H](C)OC(=O)c1cccc(S(=O)(=O)N(C)C(C)C)c1)C(C)C. The van der Waals surface area contributed by atoms with Crippen LogP contribution in [-0.2, 0) is 19.6 Å². The van der Waals surface area contributed by atoms with Crippen LogP contribution < -0.4 is 0 Å². The molecule has 0 saturated carbocycles. The molecule has 158 valence electrons. The van der Waals surface area contributed by atoms with E-state index in [4.69, 9.17) is 4.74 Å². The smallest absolute Gasteiger partial charge is 0.338 e. The molecule has 0 saturated heterocycles. The molecular weight excluding hydrogens is 380 g/mol. The zero-order valence-electron chi connectivity index (χ0n) is 18.0. The van der Waals surface area contributed by atoms with Gasteiger partial charge in [-0.2, -0.15) is 4.31 Å². The first-order valence-corrected chi connectivity index (χ1v) is 10.9. The molecule has 1 aromatic carbocycles. The van der Waals surface area contributed by atoms with Crippen LogP contribution in [-0.4, -0.2) is 60.8 Å². The van der Waals surface area contributed by atoms with Crippen LogP contribution in [0.2, 0.25) is 0 Å². The summed E-state index contributed by atoms with van der Waals surface area (Å²) in [5.74, 6) is -1.03. The summed E-state index contributed by atoms with van der Waals surface area (Å²) in [5.41, 5.74) is 0.0820. The Hall–Kier alpha value is -1.93. The Labute approximate surface area is 168 Å². The third-order valence-electron chi connectivity index (χ3n) is 4.47. The number of rotatable bonds is 8. The molecule has 0 aliphatic carbocycles. The van der Waals surface area contributed by atoms with Crippen LogP contribution in [0.5, 0.6) is 0 Å². The Morgan fingerprint density at radius 3 is 1.93 bits per heavy atom.